The Kier molecular flexibility index (Phi) is 51.1. The standard InChI is InChI=1S/C20H31BN2O4.C18H27BN2O4.C18H24BNO4.C17H25BN2O4.C17H22BNO4.C16H24BN3O4/c1-14(24)8-20-7-6-18(21(26)27-20)11-19(25)10-15-4-5-16(12-22-2)17(9-15)13-23-3;1-12(22)6-18-5-4-16(19(24)25-18)9-17(23)8-13-2-3-14(10-20)15(7-13)11-21;1-12(21)6-18-5-4-16(19(23)24-18)9-17(22)8-13-2-3-14-10-20-11-15(14)7-13;1-11(21)6-16-5-4-15(18(23)24-16)8-17(22)12-2-3-13(9-19)14(7-12)10-20;1-11(20)6-16-5-4-15(18(22)23-16)8-17(21)12-2-3-13-9-19-10-14(13)7-12;1-10(21)4-14-3-2-13(17(23)24-14)6-16(22)12-5-11(7-18)15(8-19)20-9-12/h4-5,9,18,20,22-23,26H,6-8,10-13H2,1-3H3;2-3,7,16,18,24H,4-6,8-11,20-21H2,1H3;2-3,7,16,18,20,23H,4-6,8-11H2,1H3;2-3,7,15-16,23H,4-6,8-10,19-20H2,1H3;2-3,7,15-16,19,22H,4-6,8-10H2,1H3;5,9,13-14,23H,2-4,6-8,18-19H2,1H3/t18-,20+;2*16-,18+;2*15-,16+;13-,14+/m111111/s1. The second-order valence-corrected chi connectivity index (χ2v) is 40.6. The van der Waals surface area contributed by atoms with E-state index in [-0.39, 0.29) is 180 Å². The summed E-state index contributed by atoms with van der Waals surface area (Å²) in [5.74, 6) is -0.861. The third-order valence-corrected chi connectivity index (χ3v) is 28.2. The van der Waals surface area contributed by atoms with Crippen LogP contribution in [0.2, 0.25) is 34.9 Å². The number of hydrogen-bond acceptors (Lipinski definition) is 35. The Morgan fingerprint density at radius 2 is 0.571 bits per heavy atom. The topological polar surface area (TPSA) is 599 Å². The summed E-state index contributed by atoms with van der Waals surface area (Å²) < 4.78 is 32.9. The molecule has 8 aliphatic rings. The number of fused-ring (bicyclic) bond motifs is 2. The molecular formula is C106H153B6N11O24. The van der Waals surface area contributed by atoms with Gasteiger partial charge in [0.15, 0.2) is 17.3 Å². The van der Waals surface area contributed by atoms with Crippen LogP contribution in [0.4, 0.5) is 0 Å². The molecule has 0 aliphatic carbocycles. The van der Waals surface area contributed by atoms with Gasteiger partial charge in [-0.05, 0) is 229 Å². The molecule has 22 N–H and O–H groups in total. The van der Waals surface area contributed by atoms with Crippen molar-refractivity contribution in [2.24, 2.45) is 34.4 Å². The van der Waals surface area contributed by atoms with Gasteiger partial charge in [0.25, 0.3) is 0 Å². The third-order valence-electron chi connectivity index (χ3n) is 28.2. The zero-order valence-corrected chi connectivity index (χ0v) is 86.7. The summed E-state index contributed by atoms with van der Waals surface area (Å²) in [5.41, 5.74) is 51.3. The normalized spacial score (nSPS) is 21.5. The van der Waals surface area contributed by atoms with Crippen molar-refractivity contribution < 1.29 is 116 Å². The minimum Gasteiger partial charge on any atom is -0.427 e. The van der Waals surface area contributed by atoms with Gasteiger partial charge < -0.3 is 114 Å². The number of nitrogens with zero attached hydrogens (tertiary/aromatic N) is 1. The van der Waals surface area contributed by atoms with E-state index < -0.39 is 42.7 Å². The maximum Gasteiger partial charge on any atom is 0.458 e. The first-order valence-electron chi connectivity index (χ1n) is 51.8. The summed E-state index contributed by atoms with van der Waals surface area (Å²) in [7, 11) is -2.08. The second-order valence-electron chi connectivity index (χ2n) is 40.6. The predicted octanol–water partition coefficient (Wildman–Crippen LogP) is 8.19. The first kappa shape index (κ1) is 121. The first-order chi connectivity index (χ1) is 70.3. The molecule has 147 heavy (non-hydrogen) atoms. The highest BCUT2D eigenvalue weighted by molar-refractivity contribution is 6.48. The van der Waals surface area contributed by atoms with Gasteiger partial charge in [0.05, 0.1) is 5.69 Å². The van der Waals surface area contributed by atoms with Gasteiger partial charge in [-0.3, -0.25) is 62.5 Å². The highest BCUT2D eigenvalue weighted by Crippen LogP contribution is 2.39. The molecule has 12 atom stereocenters. The molecule has 0 unspecified atom stereocenters. The van der Waals surface area contributed by atoms with Crippen LogP contribution in [-0.4, -0.2) is 198 Å². The molecule has 41 heteroatoms. The molecule has 0 radical (unpaired) electrons. The molecule has 9 heterocycles. The highest BCUT2D eigenvalue weighted by atomic mass is 16.6. The fourth-order valence-electron chi connectivity index (χ4n) is 20.3. The SMILES string of the molecule is CC(=O)C[C@@H]1CC[C@H](CC(=O)Cc2ccc(CN)c(CN)c2)B(O)O1.CC(=O)C[C@@H]1CC[C@H](CC(=O)Cc2ccc3c(c2)CNC3)B(O)O1.CC(=O)C[C@@H]1CC[C@H](CC(=O)c2ccc(CN)c(CN)c2)B(O)O1.CC(=O)C[C@@H]1CC[C@H](CC(=O)c2ccc3c(c2)CNC3)B(O)O1.CC(=O)C[C@@H]1CC[C@H](CC(=O)c2cnc(CN)c(CN)c2)B(O)O1.CNCc1ccc(CC(=O)C[C@H]2CC[C@@H](CC(C)=O)OB2O)cc1CNC. The molecule has 6 aromatic rings. The zero-order valence-electron chi connectivity index (χ0n) is 86.7. The zero-order chi connectivity index (χ0) is 107. The smallest absolute Gasteiger partial charge is 0.427 e. The van der Waals surface area contributed by atoms with Crippen molar-refractivity contribution >= 4 is 112 Å². The minimum absolute atomic E-state index is 0.0297. The minimum atomic E-state index is -1.03. The summed E-state index contributed by atoms with van der Waals surface area (Å²) in [6, 6.07) is 31.0. The van der Waals surface area contributed by atoms with Crippen LogP contribution >= 0.6 is 0 Å². The van der Waals surface area contributed by atoms with E-state index in [4.69, 9.17) is 62.3 Å². The van der Waals surface area contributed by atoms with E-state index in [1.165, 1.54) is 81.1 Å². The molecule has 0 spiro atoms. The van der Waals surface area contributed by atoms with Crippen LogP contribution in [0.1, 0.15) is 310 Å². The Balaban J connectivity index is 0.000000196. The van der Waals surface area contributed by atoms with Crippen LogP contribution in [-0.2, 0) is 169 Å². The average Bonchev–Trinajstić information content (AvgIpc) is 1.80. The number of pyridine rings is 1. The van der Waals surface area contributed by atoms with Gasteiger partial charge in [-0.25, -0.2) is 0 Å². The quantitative estimate of drug-likeness (QED) is 0.0127. The van der Waals surface area contributed by atoms with Gasteiger partial charge in [-0.15, -0.1) is 0 Å². The molecule has 8 aliphatic heterocycles. The van der Waals surface area contributed by atoms with E-state index in [1.807, 2.05) is 68.7 Å². The number of ketones is 12. The molecule has 6 saturated heterocycles. The lowest BCUT2D eigenvalue weighted by atomic mass is 9.64. The van der Waals surface area contributed by atoms with Gasteiger partial charge in [-0.2, -0.15) is 0 Å². The fourth-order valence-corrected chi connectivity index (χ4v) is 20.3. The molecule has 6 fully saturated rings. The number of hydrogen-bond donors (Lipinski definition) is 16. The molecule has 5 aromatic carbocycles. The van der Waals surface area contributed by atoms with Crippen LogP contribution in [0.15, 0.2) is 103 Å². The lowest BCUT2D eigenvalue weighted by Gasteiger charge is -2.30. The number of nitrogens with one attached hydrogen (secondary N) is 4. The van der Waals surface area contributed by atoms with E-state index in [0.29, 0.717) is 183 Å². The van der Waals surface area contributed by atoms with E-state index in [9.17, 15) is 87.7 Å². The third kappa shape index (κ3) is 40.2. The van der Waals surface area contributed by atoms with Gasteiger partial charge >= 0.3 is 42.7 Å². The Morgan fingerprint density at radius 1 is 0.299 bits per heavy atom. The second kappa shape index (κ2) is 61.9. The number of carbonyl (C=O) groups is 12. The summed E-state index contributed by atoms with van der Waals surface area (Å²) in [6.45, 7) is 16.1. The maximum absolute atomic E-state index is 12.5. The number of rotatable bonds is 43. The Morgan fingerprint density at radius 3 is 0.912 bits per heavy atom. The number of nitrogens with two attached hydrogens (primary N) is 6. The summed E-state index contributed by atoms with van der Waals surface area (Å²) in [4.78, 5) is 146. The number of carbonyl (C=O) groups excluding carboxylic acids is 12. The lowest BCUT2D eigenvalue weighted by molar-refractivity contribution is -0.120. The van der Waals surface area contributed by atoms with E-state index in [0.717, 1.165) is 96.6 Å². The van der Waals surface area contributed by atoms with Crippen molar-refractivity contribution in [1.82, 2.24) is 26.3 Å². The molecular weight excluding hydrogens is 1880 g/mol. The maximum atomic E-state index is 12.5. The van der Waals surface area contributed by atoms with Gasteiger partial charge in [0.1, 0.15) is 52.0 Å². The van der Waals surface area contributed by atoms with Crippen LogP contribution in [0.25, 0.3) is 0 Å². The van der Waals surface area contributed by atoms with Crippen LogP contribution in [0.3, 0.4) is 0 Å². The van der Waals surface area contributed by atoms with Crippen LogP contribution in [0, 0.1) is 0 Å². The molecule has 0 amide bonds. The van der Waals surface area contributed by atoms with Gasteiger partial charge in [0.2, 0.25) is 0 Å². The van der Waals surface area contributed by atoms with Crippen molar-refractivity contribution in [2.45, 2.75) is 365 Å². The van der Waals surface area contributed by atoms with E-state index in [1.54, 1.807) is 18.2 Å². The summed E-state index contributed by atoms with van der Waals surface area (Å²) >= 11 is 0. The fraction of sp³-hybridized carbons (Fsp3) is 0.557. The largest absolute Gasteiger partial charge is 0.458 e. The Hall–Kier alpha value is -9.20. The lowest BCUT2D eigenvalue weighted by Crippen LogP contribution is -2.37. The Bertz CT molecular complexity index is 5320. The molecule has 794 valence electrons. The van der Waals surface area contributed by atoms with Gasteiger partial charge in [-0.1, -0.05) is 78.9 Å². The average molecular weight is 2030 g/mol. The van der Waals surface area contributed by atoms with Crippen molar-refractivity contribution in [3.8, 4) is 0 Å². The van der Waals surface area contributed by atoms with Crippen LogP contribution < -0.4 is 55.7 Å². The van der Waals surface area contributed by atoms with Gasteiger partial charge in [0, 0.05) is 269 Å². The summed E-state index contributed by atoms with van der Waals surface area (Å²) in [5, 5.41) is 73.6. The number of benzene rings is 5. The van der Waals surface area contributed by atoms with Crippen molar-refractivity contribution in [1.29, 1.82) is 0 Å². The number of Topliss-reactive ketones (excluding diaryl/α,β-unsaturated/α-hetero) is 12. The van der Waals surface area contributed by atoms with Crippen LogP contribution in [0.5, 0.6) is 0 Å². The van der Waals surface area contributed by atoms with E-state index in [2.05, 4.69) is 50.5 Å². The number of aromatic nitrogens is 1. The highest BCUT2D eigenvalue weighted by Gasteiger charge is 2.43. The van der Waals surface area contributed by atoms with Crippen molar-refractivity contribution in [3.63, 3.8) is 0 Å². The molecule has 35 nitrogen and oxygen atoms in total. The van der Waals surface area contributed by atoms with E-state index >= 15 is 0 Å². The monoisotopic (exact) mass is 2030 g/mol. The molecule has 0 bridgehead atoms. The Labute approximate surface area is 866 Å². The molecule has 0 saturated carbocycles. The summed E-state index contributed by atoms with van der Waals surface area (Å²) in [6.07, 6.45) is 12.9. The first-order valence-corrected chi connectivity index (χ1v) is 51.8. The molecule has 1 aromatic heterocycles. The molecule has 14 rings (SSSR count). The van der Waals surface area contributed by atoms with Crippen molar-refractivity contribution in [2.75, 3.05) is 14.1 Å². The van der Waals surface area contributed by atoms with Crippen molar-refractivity contribution in [3.05, 3.63) is 204 Å². The predicted molar refractivity (Wildman–Crippen MR) is 564 cm³/mol.